The Morgan fingerprint density at radius 3 is 2.85 bits per heavy atom. The number of rotatable bonds is 6. The molecule has 2 aromatic rings. The van der Waals surface area contributed by atoms with E-state index in [1.165, 1.54) is 11.3 Å². The monoisotopic (exact) mass is 372 g/mol. The Hall–Kier alpha value is -2.25. The van der Waals surface area contributed by atoms with Gasteiger partial charge < -0.3 is 16.0 Å². The first-order valence-corrected chi connectivity index (χ1v) is 9.85. The van der Waals surface area contributed by atoms with Crippen molar-refractivity contribution in [1.82, 2.24) is 15.2 Å². The van der Waals surface area contributed by atoms with Crippen molar-refractivity contribution in [2.45, 2.75) is 31.7 Å². The third-order valence-electron chi connectivity index (χ3n) is 4.55. The molecule has 1 fully saturated rings. The van der Waals surface area contributed by atoms with Crippen LogP contribution in [0.3, 0.4) is 0 Å². The molecule has 2 amide bonds. The summed E-state index contributed by atoms with van der Waals surface area (Å²) >= 11 is 1.47. The maximum atomic E-state index is 12.9. The van der Waals surface area contributed by atoms with Gasteiger partial charge in [0.25, 0.3) is 11.8 Å². The molecule has 1 atom stereocenters. The van der Waals surface area contributed by atoms with Crippen molar-refractivity contribution in [2.75, 3.05) is 19.6 Å². The Morgan fingerprint density at radius 2 is 2.08 bits per heavy atom. The highest BCUT2D eigenvalue weighted by molar-refractivity contribution is 7.09. The fraction of sp³-hybridized carbons (Fsp3) is 0.421. The molecule has 3 N–H and O–H groups in total. The SMILES string of the molecule is NCCc1nc(C(=O)N2CCCCC2CNC(=O)c2ccccc2)cs1. The summed E-state index contributed by atoms with van der Waals surface area (Å²) in [6.07, 6.45) is 3.62. The summed E-state index contributed by atoms with van der Waals surface area (Å²) < 4.78 is 0. The second-order valence-corrected chi connectivity index (χ2v) is 7.33. The number of benzene rings is 1. The Bertz CT molecular complexity index is 747. The smallest absolute Gasteiger partial charge is 0.273 e. The number of amides is 2. The zero-order valence-electron chi connectivity index (χ0n) is 14.7. The molecular weight excluding hydrogens is 348 g/mol. The number of likely N-dealkylation sites (tertiary alicyclic amines) is 1. The first kappa shape index (κ1) is 18.5. The van der Waals surface area contributed by atoms with Gasteiger partial charge in [-0.15, -0.1) is 11.3 Å². The Balaban J connectivity index is 1.63. The third kappa shape index (κ3) is 4.47. The van der Waals surface area contributed by atoms with Gasteiger partial charge in [0.15, 0.2) is 0 Å². The highest BCUT2D eigenvalue weighted by Gasteiger charge is 2.29. The van der Waals surface area contributed by atoms with E-state index >= 15 is 0 Å². The van der Waals surface area contributed by atoms with Gasteiger partial charge in [-0.2, -0.15) is 0 Å². The molecule has 7 heteroatoms. The van der Waals surface area contributed by atoms with Gasteiger partial charge in [0.2, 0.25) is 0 Å². The minimum Gasteiger partial charge on any atom is -0.350 e. The first-order chi connectivity index (χ1) is 12.7. The van der Waals surface area contributed by atoms with Crippen molar-refractivity contribution in [2.24, 2.45) is 5.73 Å². The fourth-order valence-electron chi connectivity index (χ4n) is 3.18. The van der Waals surface area contributed by atoms with Crippen LogP contribution in [-0.2, 0) is 6.42 Å². The van der Waals surface area contributed by atoms with Gasteiger partial charge in [-0.1, -0.05) is 18.2 Å². The van der Waals surface area contributed by atoms with Crippen LogP contribution in [0.25, 0.3) is 0 Å². The van der Waals surface area contributed by atoms with Crippen LogP contribution in [0.5, 0.6) is 0 Å². The highest BCUT2D eigenvalue weighted by atomic mass is 32.1. The van der Waals surface area contributed by atoms with Crippen LogP contribution in [0.2, 0.25) is 0 Å². The van der Waals surface area contributed by atoms with Crippen LogP contribution in [0.4, 0.5) is 0 Å². The summed E-state index contributed by atoms with van der Waals surface area (Å²) in [5, 5.41) is 5.66. The lowest BCUT2D eigenvalue weighted by Crippen LogP contribution is -2.49. The van der Waals surface area contributed by atoms with Crippen molar-refractivity contribution < 1.29 is 9.59 Å². The van der Waals surface area contributed by atoms with Crippen LogP contribution in [0.15, 0.2) is 35.7 Å². The predicted octanol–water partition coefficient (Wildman–Crippen LogP) is 2.07. The van der Waals surface area contributed by atoms with Gasteiger partial charge >= 0.3 is 0 Å². The number of aromatic nitrogens is 1. The number of nitrogens with zero attached hydrogens (tertiary/aromatic N) is 2. The van der Waals surface area contributed by atoms with E-state index in [0.717, 1.165) is 24.3 Å². The van der Waals surface area contributed by atoms with E-state index in [9.17, 15) is 9.59 Å². The topological polar surface area (TPSA) is 88.3 Å². The first-order valence-electron chi connectivity index (χ1n) is 8.97. The lowest BCUT2D eigenvalue weighted by atomic mass is 10.0. The standard InChI is InChI=1S/C19H24N4O2S/c20-10-9-17-22-16(13-26-17)19(25)23-11-5-4-8-15(23)12-21-18(24)14-6-2-1-3-7-14/h1-3,6-7,13,15H,4-5,8-12,20H2,(H,21,24). The zero-order valence-corrected chi connectivity index (χ0v) is 15.5. The predicted molar refractivity (Wildman–Crippen MR) is 102 cm³/mol. The van der Waals surface area contributed by atoms with E-state index in [1.807, 2.05) is 28.5 Å². The van der Waals surface area contributed by atoms with Crippen molar-refractivity contribution >= 4 is 23.2 Å². The van der Waals surface area contributed by atoms with E-state index in [1.54, 1.807) is 12.1 Å². The minimum atomic E-state index is -0.109. The lowest BCUT2D eigenvalue weighted by molar-refractivity contribution is 0.0597. The van der Waals surface area contributed by atoms with Gasteiger partial charge in [-0.05, 0) is 37.9 Å². The molecule has 138 valence electrons. The Kier molecular flexibility index (Phi) is 6.35. The molecule has 1 aliphatic rings. The lowest BCUT2D eigenvalue weighted by Gasteiger charge is -2.35. The quantitative estimate of drug-likeness (QED) is 0.812. The summed E-state index contributed by atoms with van der Waals surface area (Å²) in [4.78, 5) is 31.4. The van der Waals surface area contributed by atoms with Crippen molar-refractivity contribution in [3.63, 3.8) is 0 Å². The number of hydrogen-bond acceptors (Lipinski definition) is 5. The largest absolute Gasteiger partial charge is 0.350 e. The fourth-order valence-corrected chi connectivity index (χ4v) is 3.96. The average Bonchev–Trinajstić information content (AvgIpc) is 3.15. The minimum absolute atomic E-state index is 0.00331. The van der Waals surface area contributed by atoms with Crippen LogP contribution in [-0.4, -0.2) is 47.4 Å². The number of thiazole rings is 1. The zero-order chi connectivity index (χ0) is 18.4. The van der Waals surface area contributed by atoms with Crippen LogP contribution < -0.4 is 11.1 Å². The second-order valence-electron chi connectivity index (χ2n) is 6.39. The molecule has 1 saturated heterocycles. The number of nitrogens with one attached hydrogen (secondary N) is 1. The van der Waals surface area contributed by atoms with Crippen molar-refractivity contribution in [3.05, 3.63) is 52.0 Å². The van der Waals surface area contributed by atoms with Gasteiger partial charge in [-0.3, -0.25) is 9.59 Å². The summed E-state index contributed by atoms with van der Waals surface area (Å²) in [6.45, 7) is 1.69. The van der Waals surface area contributed by atoms with Gasteiger partial charge in [-0.25, -0.2) is 4.98 Å². The number of hydrogen-bond donors (Lipinski definition) is 2. The number of carbonyl (C=O) groups excluding carboxylic acids is 2. The van der Waals surface area contributed by atoms with Crippen molar-refractivity contribution in [1.29, 1.82) is 0 Å². The molecule has 0 saturated carbocycles. The highest BCUT2D eigenvalue weighted by Crippen LogP contribution is 2.20. The molecule has 0 aliphatic carbocycles. The molecule has 3 rings (SSSR count). The molecule has 0 radical (unpaired) electrons. The molecule has 2 heterocycles. The van der Waals surface area contributed by atoms with E-state index in [0.29, 0.717) is 37.3 Å². The molecular formula is C19H24N4O2S. The summed E-state index contributed by atoms with van der Waals surface area (Å²) in [5.74, 6) is -0.161. The van der Waals surface area contributed by atoms with Crippen LogP contribution in [0.1, 0.15) is 45.1 Å². The molecule has 0 spiro atoms. The summed E-state index contributed by atoms with van der Waals surface area (Å²) in [6, 6.07) is 9.13. The van der Waals surface area contributed by atoms with Crippen molar-refractivity contribution in [3.8, 4) is 0 Å². The van der Waals surface area contributed by atoms with Crippen LogP contribution >= 0.6 is 11.3 Å². The van der Waals surface area contributed by atoms with Gasteiger partial charge in [0, 0.05) is 36.5 Å². The van der Waals surface area contributed by atoms with Gasteiger partial charge in [0.05, 0.1) is 5.01 Å². The molecule has 1 aromatic heterocycles. The number of carbonyl (C=O) groups is 2. The molecule has 1 unspecified atom stereocenters. The number of piperidine rings is 1. The summed E-state index contributed by atoms with van der Waals surface area (Å²) in [5.41, 5.74) is 6.68. The van der Waals surface area contributed by atoms with Crippen LogP contribution in [0, 0.1) is 0 Å². The molecule has 1 aliphatic heterocycles. The third-order valence-corrected chi connectivity index (χ3v) is 5.46. The Morgan fingerprint density at radius 1 is 1.27 bits per heavy atom. The Labute approximate surface area is 157 Å². The van der Waals surface area contributed by atoms with Gasteiger partial charge in [0.1, 0.15) is 5.69 Å². The van der Waals surface area contributed by atoms with E-state index in [2.05, 4.69) is 10.3 Å². The summed E-state index contributed by atoms with van der Waals surface area (Å²) in [7, 11) is 0. The second kappa shape index (κ2) is 8.91. The molecule has 26 heavy (non-hydrogen) atoms. The molecule has 6 nitrogen and oxygen atoms in total. The maximum Gasteiger partial charge on any atom is 0.273 e. The van der Waals surface area contributed by atoms with E-state index in [4.69, 9.17) is 5.73 Å². The average molecular weight is 372 g/mol. The number of nitrogens with two attached hydrogens (primary N) is 1. The van der Waals surface area contributed by atoms with E-state index < -0.39 is 0 Å². The normalized spacial score (nSPS) is 17.1. The van der Waals surface area contributed by atoms with E-state index in [-0.39, 0.29) is 17.9 Å². The molecule has 1 aromatic carbocycles. The maximum absolute atomic E-state index is 12.9. The molecule has 0 bridgehead atoms.